The molecule has 0 aromatic heterocycles. The predicted octanol–water partition coefficient (Wildman–Crippen LogP) is 2.46. The molecule has 0 heterocycles. The van der Waals surface area contributed by atoms with Gasteiger partial charge in [0.15, 0.2) is 11.6 Å². The Kier molecular flexibility index (Phi) is 5.02. The van der Waals surface area contributed by atoms with E-state index in [9.17, 15) is 8.78 Å². The highest BCUT2D eigenvalue weighted by atomic mass is 19.2. The SMILES string of the molecule is CC(C)(CCO)CNCc1ccc(F)c(F)c1. The first-order valence-electron chi connectivity index (χ1n) is 5.70. The summed E-state index contributed by atoms with van der Waals surface area (Å²) in [6, 6.07) is 3.89. The second-order valence-corrected chi connectivity index (χ2v) is 4.99. The first-order chi connectivity index (χ1) is 7.94. The highest BCUT2D eigenvalue weighted by Gasteiger charge is 2.16. The molecule has 17 heavy (non-hydrogen) atoms. The molecule has 0 spiro atoms. The van der Waals surface area contributed by atoms with E-state index in [4.69, 9.17) is 5.11 Å². The summed E-state index contributed by atoms with van der Waals surface area (Å²) in [6.45, 7) is 5.45. The molecule has 0 aliphatic heterocycles. The van der Waals surface area contributed by atoms with Crippen molar-refractivity contribution in [2.45, 2.75) is 26.8 Å². The number of benzene rings is 1. The lowest BCUT2D eigenvalue weighted by molar-refractivity contribution is 0.207. The van der Waals surface area contributed by atoms with Crippen LogP contribution in [0, 0.1) is 17.0 Å². The van der Waals surface area contributed by atoms with Gasteiger partial charge in [-0.25, -0.2) is 8.78 Å². The van der Waals surface area contributed by atoms with Gasteiger partial charge in [-0.1, -0.05) is 19.9 Å². The van der Waals surface area contributed by atoms with E-state index in [1.807, 2.05) is 13.8 Å². The third-order valence-electron chi connectivity index (χ3n) is 2.71. The number of halogens is 2. The van der Waals surface area contributed by atoms with Crippen molar-refractivity contribution < 1.29 is 13.9 Å². The second-order valence-electron chi connectivity index (χ2n) is 4.99. The summed E-state index contributed by atoms with van der Waals surface area (Å²) in [4.78, 5) is 0. The lowest BCUT2D eigenvalue weighted by atomic mass is 9.90. The van der Waals surface area contributed by atoms with Gasteiger partial charge in [0.25, 0.3) is 0 Å². The summed E-state index contributed by atoms with van der Waals surface area (Å²) in [6.07, 6.45) is 0.706. The minimum Gasteiger partial charge on any atom is -0.396 e. The summed E-state index contributed by atoms with van der Waals surface area (Å²) in [5, 5.41) is 12.0. The highest BCUT2D eigenvalue weighted by molar-refractivity contribution is 5.17. The monoisotopic (exact) mass is 243 g/mol. The molecule has 0 radical (unpaired) electrons. The van der Waals surface area contributed by atoms with Crippen molar-refractivity contribution in [1.82, 2.24) is 5.32 Å². The largest absolute Gasteiger partial charge is 0.396 e. The Bertz CT molecular complexity index is 366. The number of hydrogen-bond acceptors (Lipinski definition) is 2. The van der Waals surface area contributed by atoms with Gasteiger partial charge in [0.05, 0.1) is 0 Å². The average Bonchev–Trinajstić information content (AvgIpc) is 2.23. The summed E-state index contributed by atoms with van der Waals surface area (Å²) < 4.78 is 25.6. The first kappa shape index (κ1) is 14.1. The molecule has 0 saturated heterocycles. The van der Waals surface area contributed by atoms with Crippen LogP contribution in [0.15, 0.2) is 18.2 Å². The molecular formula is C13H19F2NO. The molecule has 0 bridgehead atoms. The molecule has 0 aliphatic carbocycles. The predicted molar refractivity (Wildman–Crippen MR) is 63.5 cm³/mol. The summed E-state index contributed by atoms with van der Waals surface area (Å²) in [7, 11) is 0. The van der Waals surface area contributed by atoms with Gasteiger partial charge in [0.2, 0.25) is 0 Å². The molecule has 0 unspecified atom stereocenters. The van der Waals surface area contributed by atoms with Crippen LogP contribution in [0.25, 0.3) is 0 Å². The fraction of sp³-hybridized carbons (Fsp3) is 0.538. The Balaban J connectivity index is 2.43. The van der Waals surface area contributed by atoms with Crippen LogP contribution >= 0.6 is 0 Å². The van der Waals surface area contributed by atoms with Crippen LogP contribution < -0.4 is 5.32 Å². The minimum absolute atomic E-state index is 0.00662. The molecule has 1 rings (SSSR count). The van der Waals surface area contributed by atoms with Gasteiger partial charge in [0, 0.05) is 19.7 Å². The molecule has 96 valence electrons. The first-order valence-corrected chi connectivity index (χ1v) is 5.70. The van der Waals surface area contributed by atoms with Crippen molar-refractivity contribution in [2.75, 3.05) is 13.2 Å². The van der Waals surface area contributed by atoms with E-state index in [0.717, 1.165) is 6.07 Å². The Labute approximate surface area is 101 Å². The minimum atomic E-state index is -0.825. The van der Waals surface area contributed by atoms with Gasteiger partial charge >= 0.3 is 0 Å². The summed E-state index contributed by atoms with van der Waals surface area (Å²) in [5.74, 6) is -1.65. The fourth-order valence-electron chi connectivity index (χ4n) is 1.59. The zero-order valence-corrected chi connectivity index (χ0v) is 10.3. The Morgan fingerprint density at radius 1 is 1.24 bits per heavy atom. The quantitative estimate of drug-likeness (QED) is 0.804. The zero-order chi connectivity index (χ0) is 12.9. The van der Waals surface area contributed by atoms with Gasteiger partial charge in [-0.05, 0) is 29.5 Å². The molecule has 0 amide bonds. The molecular weight excluding hydrogens is 224 g/mol. The lowest BCUT2D eigenvalue weighted by Crippen LogP contribution is -2.29. The van der Waals surface area contributed by atoms with Gasteiger partial charge in [-0.2, -0.15) is 0 Å². The van der Waals surface area contributed by atoms with Crippen LogP contribution in [0.1, 0.15) is 25.8 Å². The maximum Gasteiger partial charge on any atom is 0.159 e. The van der Waals surface area contributed by atoms with Crippen LogP contribution in [0.3, 0.4) is 0 Å². The Morgan fingerprint density at radius 2 is 1.94 bits per heavy atom. The van der Waals surface area contributed by atoms with Gasteiger partial charge in [-0.3, -0.25) is 0 Å². The zero-order valence-electron chi connectivity index (χ0n) is 10.3. The molecule has 2 N–H and O–H groups in total. The maximum absolute atomic E-state index is 12.9. The molecule has 4 heteroatoms. The second kappa shape index (κ2) is 6.07. The van der Waals surface area contributed by atoms with Crippen LogP contribution in [-0.2, 0) is 6.54 Å². The fourth-order valence-corrected chi connectivity index (χ4v) is 1.59. The van der Waals surface area contributed by atoms with Crippen molar-refractivity contribution >= 4 is 0 Å². The summed E-state index contributed by atoms with van der Waals surface area (Å²) in [5.41, 5.74) is 0.705. The van der Waals surface area contributed by atoms with Crippen molar-refractivity contribution in [3.8, 4) is 0 Å². The lowest BCUT2D eigenvalue weighted by Gasteiger charge is -2.24. The van der Waals surface area contributed by atoms with Crippen LogP contribution in [0.2, 0.25) is 0 Å². The Hall–Kier alpha value is -1.00. The maximum atomic E-state index is 12.9. The van der Waals surface area contributed by atoms with Crippen LogP contribution in [0.5, 0.6) is 0 Å². The normalized spacial score (nSPS) is 11.8. The molecule has 0 fully saturated rings. The number of rotatable bonds is 6. The Morgan fingerprint density at radius 3 is 2.53 bits per heavy atom. The molecule has 1 aromatic carbocycles. The van der Waals surface area contributed by atoms with Gasteiger partial charge in [0.1, 0.15) is 0 Å². The van der Waals surface area contributed by atoms with Gasteiger partial charge in [-0.15, -0.1) is 0 Å². The number of aliphatic hydroxyl groups is 1. The van der Waals surface area contributed by atoms with Crippen LogP contribution in [-0.4, -0.2) is 18.3 Å². The third-order valence-corrected chi connectivity index (χ3v) is 2.71. The number of aliphatic hydroxyl groups excluding tert-OH is 1. The van der Waals surface area contributed by atoms with Crippen molar-refractivity contribution in [3.63, 3.8) is 0 Å². The van der Waals surface area contributed by atoms with Crippen LogP contribution in [0.4, 0.5) is 8.78 Å². The standard InChI is InChI=1S/C13H19F2NO/c1-13(2,5-6-17)9-16-8-10-3-4-11(14)12(15)7-10/h3-4,7,16-17H,5-6,8-9H2,1-2H3. The van der Waals surface area contributed by atoms with E-state index in [1.54, 1.807) is 6.07 Å². The van der Waals surface area contributed by atoms with Crippen molar-refractivity contribution in [3.05, 3.63) is 35.4 Å². The van der Waals surface area contributed by atoms with E-state index < -0.39 is 11.6 Å². The van der Waals surface area contributed by atoms with Gasteiger partial charge < -0.3 is 10.4 Å². The van der Waals surface area contributed by atoms with Crippen molar-refractivity contribution in [2.24, 2.45) is 5.41 Å². The van der Waals surface area contributed by atoms with E-state index in [-0.39, 0.29) is 12.0 Å². The van der Waals surface area contributed by atoms with Crippen molar-refractivity contribution in [1.29, 1.82) is 0 Å². The van der Waals surface area contributed by atoms with E-state index in [0.29, 0.717) is 25.1 Å². The third kappa shape index (κ3) is 4.79. The topological polar surface area (TPSA) is 32.3 Å². The van der Waals surface area contributed by atoms with E-state index >= 15 is 0 Å². The molecule has 0 atom stereocenters. The number of hydrogen-bond donors (Lipinski definition) is 2. The molecule has 1 aromatic rings. The number of nitrogens with one attached hydrogen (secondary N) is 1. The average molecular weight is 243 g/mol. The molecule has 2 nitrogen and oxygen atoms in total. The highest BCUT2D eigenvalue weighted by Crippen LogP contribution is 2.18. The molecule has 0 aliphatic rings. The smallest absolute Gasteiger partial charge is 0.159 e. The molecule has 0 saturated carbocycles. The summed E-state index contributed by atoms with van der Waals surface area (Å²) >= 11 is 0. The van der Waals surface area contributed by atoms with E-state index in [1.165, 1.54) is 6.07 Å². The van der Waals surface area contributed by atoms with E-state index in [2.05, 4.69) is 5.32 Å².